The van der Waals surface area contributed by atoms with Crippen molar-refractivity contribution in [2.75, 3.05) is 43.9 Å². The summed E-state index contributed by atoms with van der Waals surface area (Å²) in [5.41, 5.74) is 1.54. The second-order valence-corrected chi connectivity index (χ2v) is 9.02. The van der Waals surface area contributed by atoms with Gasteiger partial charge >= 0.3 is 6.18 Å². The second kappa shape index (κ2) is 10.1. The molecule has 1 aliphatic rings. The van der Waals surface area contributed by atoms with Gasteiger partial charge in [-0.3, -0.25) is 9.78 Å². The SMILES string of the molecule is CCN1CCCC(NC(=O)c2ccc(Nc3ccnc4c(C(F)(F)F)cccc34)cc2N(C)C)C1. The molecule has 1 fully saturated rings. The van der Waals surface area contributed by atoms with Gasteiger partial charge in [-0.1, -0.05) is 19.1 Å². The third kappa shape index (κ3) is 5.51. The monoisotopic (exact) mass is 485 g/mol. The lowest BCUT2D eigenvalue weighted by Crippen LogP contribution is -2.47. The lowest BCUT2D eigenvalue weighted by Gasteiger charge is -2.32. The summed E-state index contributed by atoms with van der Waals surface area (Å²) in [4.78, 5) is 21.3. The molecule has 1 aliphatic heterocycles. The van der Waals surface area contributed by atoms with E-state index >= 15 is 0 Å². The average Bonchev–Trinajstić information content (AvgIpc) is 2.83. The second-order valence-electron chi connectivity index (χ2n) is 9.02. The molecule has 0 radical (unpaired) electrons. The molecule has 1 saturated heterocycles. The Morgan fingerprint density at radius 2 is 2.00 bits per heavy atom. The van der Waals surface area contributed by atoms with Crippen LogP contribution in [0.4, 0.5) is 30.2 Å². The van der Waals surface area contributed by atoms with Gasteiger partial charge in [0.15, 0.2) is 0 Å². The van der Waals surface area contributed by atoms with Crippen molar-refractivity contribution in [2.45, 2.75) is 32.0 Å². The smallest absolute Gasteiger partial charge is 0.377 e. The van der Waals surface area contributed by atoms with Crippen LogP contribution in [0.3, 0.4) is 0 Å². The standard InChI is InChI=1S/C26H30F3N5O/c1-4-34-14-6-7-18(16-34)32-25(35)20-11-10-17(15-23(20)33(2)3)31-22-12-13-30-24-19(22)8-5-9-21(24)26(27,28)29/h5,8-13,15,18H,4,6-7,14,16H2,1-3H3,(H,30,31)(H,32,35). The predicted octanol–water partition coefficient (Wildman–Crippen LogP) is 5.28. The number of piperidine rings is 1. The molecule has 186 valence electrons. The lowest BCUT2D eigenvalue weighted by molar-refractivity contribution is -0.136. The Labute approximate surface area is 203 Å². The van der Waals surface area contributed by atoms with Crippen LogP contribution in [-0.4, -0.2) is 55.6 Å². The largest absolute Gasteiger partial charge is 0.418 e. The molecular weight excluding hydrogens is 455 g/mol. The fourth-order valence-electron chi connectivity index (χ4n) is 4.56. The number of rotatable bonds is 6. The van der Waals surface area contributed by atoms with Crippen molar-refractivity contribution in [1.29, 1.82) is 0 Å². The third-order valence-corrected chi connectivity index (χ3v) is 6.37. The zero-order valence-corrected chi connectivity index (χ0v) is 20.1. The Hall–Kier alpha value is -3.33. The minimum absolute atomic E-state index is 0.107. The summed E-state index contributed by atoms with van der Waals surface area (Å²) in [6.07, 6.45) is -1.13. The number of aromatic nitrogens is 1. The first kappa shape index (κ1) is 24.8. The van der Waals surface area contributed by atoms with Gasteiger partial charge in [0.05, 0.1) is 22.3 Å². The van der Waals surface area contributed by atoms with Crippen molar-refractivity contribution in [3.05, 3.63) is 59.8 Å². The molecule has 1 aromatic heterocycles. The van der Waals surface area contributed by atoms with Crippen LogP contribution in [0.1, 0.15) is 35.7 Å². The van der Waals surface area contributed by atoms with Crippen molar-refractivity contribution in [1.82, 2.24) is 15.2 Å². The fourth-order valence-corrected chi connectivity index (χ4v) is 4.56. The first-order valence-electron chi connectivity index (χ1n) is 11.7. The van der Waals surface area contributed by atoms with Gasteiger partial charge < -0.3 is 20.4 Å². The number of fused-ring (bicyclic) bond motifs is 1. The summed E-state index contributed by atoms with van der Waals surface area (Å²) in [5.74, 6) is -0.132. The Morgan fingerprint density at radius 3 is 2.71 bits per heavy atom. The highest BCUT2D eigenvalue weighted by molar-refractivity contribution is 6.01. The number of pyridine rings is 1. The van der Waals surface area contributed by atoms with Crippen molar-refractivity contribution in [3.63, 3.8) is 0 Å². The Balaban J connectivity index is 1.60. The van der Waals surface area contributed by atoms with Gasteiger partial charge in [0.2, 0.25) is 0 Å². The molecule has 0 spiro atoms. The van der Waals surface area contributed by atoms with E-state index in [0.717, 1.165) is 38.5 Å². The number of halogens is 3. The van der Waals surface area contributed by atoms with E-state index < -0.39 is 11.7 Å². The van der Waals surface area contributed by atoms with Gasteiger partial charge in [0.1, 0.15) is 0 Å². The Morgan fingerprint density at radius 1 is 1.20 bits per heavy atom. The number of hydrogen-bond acceptors (Lipinski definition) is 5. The zero-order chi connectivity index (χ0) is 25.2. The van der Waals surface area contributed by atoms with Crippen LogP contribution in [0.15, 0.2) is 48.7 Å². The molecule has 2 heterocycles. The minimum atomic E-state index is -4.50. The van der Waals surface area contributed by atoms with E-state index in [1.165, 1.54) is 12.3 Å². The van der Waals surface area contributed by atoms with Crippen LogP contribution < -0.4 is 15.5 Å². The molecule has 2 aromatic carbocycles. The summed E-state index contributed by atoms with van der Waals surface area (Å²) in [7, 11) is 3.71. The van der Waals surface area contributed by atoms with E-state index in [0.29, 0.717) is 28.0 Å². The molecule has 3 aromatic rings. The number of nitrogens with zero attached hydrogens (tertiary/aromatic N) is 3. The van der Waals surface area contributed by atoms with Crippen LogP contribution in [0.2, 0.25) is 0 Å². The lowest BCUT2D eigenvalue weighted by atomic mass is 10.0. The highest BCUT2D eigenvalue weighted by Crippen LogP contribution is 2.36. The van der Waals surface area contributed by atoms with Gasteiger partial charge in [-0.2, -0.15) is 13.2 Å². The Kier molecular flexibility index (Phi) is 7.16. The summed E-state index contributed by atoms with van der Waals surface area (Å²) in [5, 5.41) is 6.74. The van der Waals surface area contributed by atoms with Gasteiger partial charge in [-0.25, -0.2) is 0 Å². The van der Waals surface area contributed by atoms with Crippen molar-refractivity contribution in [2.24, 2.45) is 0 Å². The molecule has 2 N–H and O–H groups in total. The van der Waals surface area contributed by atoms with Crippen LogP contribution >= 0.6 is 0 Å². The maximum atomic E-state index is 13.4. The number of para-hydroxylation sites is 1. The summed E-state index contributed by atoms with van der Waals surface area (Å²) < 4.78 is 40.3. The molecule has 1 unspecified atom stereocenters. The number of nitrogens with one attached hydrogen (secondary N) is 2. The maximum absolute atomic E-state index is 13.4. The topological polar surface area (TPSA) is 60.5 Å². The van der Waals surface area contributed by atoms with Crippen molar-refractivity contribution < 1.29 is 18.0 Å². The van der Waals surface area contributed by atoms with Crippen LogP contribution in [0.25, 0.3) is 10.9 Å². The maximum Gasteiger partial charge on any atom is 0.418 e. The number of amides is 1. The minimum Gasteiger partial charge on any atom is -0.377 e. The van der Waals surface area contributed by atoms with Gasteiger partial charge in [-0.15, -0.1) is 0 Å². The van der Waals surface area contributed by atoms with Gasteiger partial charge in [0, 0.05) is 49.6 Å². The first-order chi connectivity index (χ1) is 16.7. The molecule has 6 nitrogen and oxygen atoms in total. The van der Waals surface area contributed by atoms with Crippen LogP contribution in [0, 0.1) is 0 Å². The number of carbonyl (C=O) groups excluding carboxylic acids is 1. The first-order valence-corrected chi connectivity index (χ1v) is 11.7. The Bertz CT molecular complexity index is 1210. The van der Waals surface area contributed by atoms with Crippen molar-refractivity contribution >= 4 is 33.9 Å². The molecule has 0 bridgehead atoms. The number of alkyl halides is 3. The normalized spacial score (nSPS) is 16.8. The average molecular weight is 486 g/mol. The number of benzene rings is 2. The molecule has 4 rings (SSSR count). The van der Waals surface area contributed by atoms with Crippen molar-refractivity contribution in [3.8, 4) is 0 Å². The van der Waals surface area contributed by atoms with Crippen LogP contribution in [0.5, 0.6) is 0 Å². The van der Waals surface area contributed by atoms with E-state index in [2.05, 4.69) is 27.4 Å². The molecule has 1 atom stereocenters. The zero-order valence-electron chi connectivity index (χ0n) is 20.1. The molecule has 35 heavy (non-hydrogen) atoms. The molecule has 1 amide bonds. The van der Waals surface area contributed by atoms with Gasteiger partial charge in [-0.05, 0) is 56.3 Å². The van der Waals surface area contributed by atoms with E-state index in [4.69, 9.17) is 0 Å². The quantitative estimate of drug-likeness (QED) is 0.498. The van der Waals surface area contributed by atoms with E-state index in [1.54, 1.807) is 24.3 Å². The predicted molar refractivity (Wildman–Crippen MR) is 133 cm³/mol. The number of likely N-dealkylation sites (tertiary alicyclic amines) is 1. The third-order valence-electron chi connectivity index (χ3n) is 6.37. The number of carbonyl (C=O) groups is 1. The highest BCUT2D eigenvalue weighted by Gasteiger charge is 2.33. The number of likely N-dealkylation sites (N-methyl/N-ethyl adjacent to an activating group) is 1. The summed E-state index contributed by atoms with van der Waals surface area (Å²) in [6.45, 7) is 4.98. The van der Waals surface area contributed by atoms with Gasteiger partial charge in [0.25, 0.3) is 5.91 Å². The van der Waals surface area contributed by atoms with E-state index in [9.17, 15) is 18.0 Å². The fraction of sp³-hybridized carbons (Fsp3) is 0.385. The summed E-state index contributed by atoms with van der Waals surface area (Å²) in [6, 6.07) is 11.1. The number of anilines is 3. The molecule has 0 aliphatic carbocycles. The highest BCUT2D eigenvalue weighted by atomic mass is 19.4. The molecule has 9 heteroatoms. The summed E-state index contributed by atoms with van der Waals surface area (Å²) >= 11 is 0. The molecular formula is C26H30F3N5O. The van der Waals surface area contributed by atoms with E-state index in [1.807, 2.05) is 25.1 Å². The number of hydrogen-bond donors (Lipinski definition) is 2. The van der Waals surface area contributed by atoms with E-state index in [-0.39, 0.29) is 17.5 Å². The van der Waals surface area contributed by atoms with Crippen LogP contribution in [-0.2, 0) is 6.18 Å². The molecule has 0 saturated carbocycles.